The van der Waals surface area contributed by atoms with Gasteiger partial charge in [-0.25, -0.2) is 0 Å². The molecular weight excluding hydrogens is 354 g/mol. The number of nitrogens with zero attached hydrogens (tertiary/aromatic N) is 1. The van der Waals surface area contributed by atoms with Gasteiger partial charge >= 0.3 is 0 Å². The number of carbonyl (C=O) groups is 1. The van der Waals surface area contributed by atoms with Gasteiger partial charge in [0.25, 0.3) is 5.91 Å². The Hall–Kier alpha value is -2.50. The normalized spacial score (nSPS) is 16.8. The number of likely N-dealkylation sites (tertiary alicyclic amines) is 1. The summed E-state index contributed by atoms with van der Waals surface area (Å²) >= 11 is 6.23. The number of carbonyl (C=O) groups excluding carboxylic acids is 1. The van der Waals surface area contributed by atoms with E-state index in [0.717, 1.165) is 0 Å². The van der Waals surface area contributed by atoms with Crippen LogP contribution in [0.15, 0.2) is 53.1 Å². The number of fused-ring (bicyclic) bond motifs is 1. The minimum Gasteiger partial charge on any atom is -0.508 e. The number of phenols is 1. The van der Waals surface area contributed by atoms with Gasteiger partial charge in [-0.2, -0.15) is 0 Å². The topological polar surface area (TPSA) is 73.9 Å². The van der Waals surface area contributed by atoms with Crippen LogP contribution in [0.25, 0.3) is 11.0 Å². The summed E-state index contributed by atoms with van der Waals surface area (Å²) in [5.74, 6) is -0.0516. The Labute approximate surface area is 155 Å². The molecule has 26 heavy (non-hydrogen) atoms. The number of hydrogen-bond donors (Lipinski definition) is 2. The molecule has 1 aromatic heterocycles. The van der Waals surface area contributed by atoms with E-state index in [4.69, 9.17) is 16.0 Å². The average molecular weight is 372 g/mol. The number of phenolic OH excluding ortho intramolecular Hbond substituents is 1. The van der Waals surface area contributed by atoms with E-state index >= 15 is 0 Å². The summed E-state index contributed by atoms with van der Waals surface area (Å²) in [5.41, 5.74) is 0.610. The number of hydrogen-bond acceptors (Lipinski definition) is 4. The molecule has 5 nitrogen and oxygen atoms in total. The number of aromatic hydroxyl groups is 1. The fourth-order valence-electron chi connectivity index (χ4n) is 3.54. The highest BCUT2D eigenvalue weighted by Gasteiger charge is 2.37. The fraction of sp³-hybridized carbons (Fsp3) is 0.250. The van der Waals surface area contributed by atoms with Crippen molar-refractivity contribution in [1.29, 1.82) is 0 Å². The van der Waals surface area contributed by atoms with Crippen molar-refractivity contribution in [3.63, 3.8) is 0 Å². The van der Waals surface area contributed by atoms with E-state index in [2.05, 4.69) is 0 Å². The van der Waals surface area contributed by atoms with Crippen molar-refractivity contribution in [2.24, 2.45) is 0 Å². The fourth-order valence-corrected chi connectivity index (χ4v) is 3.85. The second-order valence-electron chi connectivity index (χ2n) is 6.63. The van der Waals surface area contributed by atoms with E-state index in [9.17, 15) is 15.0 Å². The molecule has 0 bridgehead atoms. The molecule has 1 fully saturated rings. The van der Waals surface area contributed by atoms with Crippen LogP contribution in [0.5, 0.6) is 5.75 Å². The van der Waals surface area contributed by atoms with E-state index < -0.39 is 5.60 Å². The molecule has 0 unspecified atom stereocenters. The lowest BCUT2D eigenvalue weighted by Gasteiger charge is -2.38. The predicted octanol–water partition coefficient (Wildman–Crippen LogP) is 3.92. The summed E-state index contributed by atoms with van der Waals surface area (Å²) in [5, 5.41) is 21.7. The SMILES string of the molecule is O=C(c1coc2cc(O)ccc12)N1CCC(O)(c2ccccc2Cl)CC1. The van der Waals surface area contributed by atoms with Gasteiger partial charge in [0.05, 0.1) is 11.2 Å². The molecule has 0 atom stereocenters. The molecule has 1 saturated heterocycles. The van der Waals surface area contributed by atoms with Crippen molar-refractivity contribution in [2.45, 2.75) is 18.4 Å². The molecule has 0 spiro atoms. The second-order valence-corrected chi connectivity index (χ2v) is 7.04. The third-order valence-electron chi connectivity index (χ3n) is 5.04. The first-order valence-corrected chi connectivity index (χ1v) is 8.83. The second kappa shape index (κ2) is 6.34. The number of piperidine rings is 1. The lowest BCUT2D eigenvalue weighted by atomic mass is 9.84. The van der Waals surface area contributed by atoms with Crippen molar-refractivity contribution in [3.8, 4) is 5.75 Å². The summed E-state index contributed by atoms with van der Waals surface area (Å²) in [4.78, 5) is 14.6. The maximum absolute atomic E-state index is 12.9. The Morgan fingerprint density at radius 2 is 1.88 bits per heavy atom. The monoisotopic (exact) mass is 371 g/mol. The first-order chi connectivity index (χ1) is 12.5. The Kier molecular flexibility index (Phi) is 4.13. The van der Waals surface area contributed by atoms with Crippen molar-refractivity contribution in [1.82, 2.24) is 4.90 Å². The molecule has 3 aromatic rings. The van der Waals surface area contributed by atoms with Gasteiger partial charge in [0.2, 0.25) is 0 Å². The molecule has 0 saturated carbocycles. The highest BCUT2D eigenvalue weighted by molar-refractivity contribution is 6.31. The van der Waals surface area contributed by atoms with Crippen molar-refractivity contribution < 1.29 is 19.4 Å². The van der Waals surface area contributed by atoms with Gasteiger partial charge in [-0.15, -0.1) is 0 Å². The molecule has 2 heterocycles. The number of halogens is 1. The molecule has 2 N–H and O–H groups in total. The molecule has 1 aliphatic heterocycles. The largest absolute Gasteiger partial charge is 0.508 e. The minimum atomic E-state index is -1.03. The molecule has 134 valence electrons. The standard InChI is InChI=1S/C20H18ClNO4/c21-17-4-2-1-3-16(17)20(25)7-9-22(10-8-20)19(24)15-12-26-18-11-13(23)5-6-14(15)18/h1-6,11-12,23,25H,7-10H2. The first kappa shape index (κ1) is 16.9. The van der Waals surface area contributed by atoms with Crippen LogP contribution < -0.4 is 0 Å². The molecule has 1 amide bonds. The summed E-state index contributed by atoms with van der Waals surface area (Å²) in [6, 6.07) is 12.0. The third kappa shape index (κ3) is 2.83. The van der Waals surface area contributed by atoms with Crippen molar-refractivity contribution in [2.75, 3.05) is 13.1 Å². The number of furan rings is 1. The molecule has 0 aliphatic carbocycles. The molecule has 0 radical (unpaired) electrons. The Balaban J connectivity index is 1.54. The maximum Gasteiger partial charge on any atom is 0.257 e. The Bertz CT molecular complexity index is 973. The summed E-state index contributed by atoms with van der Waals surface area (Å²) < 4.78 is 5.39. The number of benzene rings is 2. The van der Waals surface area contributed by atoms with E-state index in [1.807, 2.05) is 18.2 Å². The number of rotatable bonds is 2. The molecule has 4 rings (SSSR count). The maximum atomic E-state index is 12.9. The third-order valence-corrected chi connectivity index (χ3v) is 5.37. The average Bonchev–Trinajstić information content (AvgIpc) is 3.05. The highest BCUT2D eigenvalue weighted by atomic mass is 35.5. The summed E-state index contributed by atoms with van der Waals surface area (Å²) in [6.07, 6.45) is 2.25. The Morgan fingerprint density at radius 3 is 2.62 bits per heavy atom. The van der Waals surface area contributed by atoms with Crippen LogP contribution in [-0.2, 0) is 5.60 Å². The lowest BCUT2D eigenvalue weighted by molar-refractivity contribution is -0.0210. The quantitative estimate of drug-likeness (QED) is 0.716. The molecular formula is C20H18ClNO4. The molecule has 2 aromatic carbocycles. The summed E-state index contributed by atoms with van der Waals surface area (Å²) in [7, 11) is 0. The van der Waals surface area contributed by atoms with E-state index in [0.29, 0.717) is 53.0 Å². The van der Waals surface area contributed by atoms with Gasteiger partial charge in [-0.1, -0.05) is 29.8 Å². The van der Waals surface area contributed by atoms with E-state index in [1.165, 1.54) is 18.4 Å². The van der Waals surface area contributed by atoms with Crippen LogP contribution in [0.4, 0.5) is 0 Å². The van der Waals surface area contributed by atoms with Crippen molar-refractivity contribution in [3.05, 3.63) is 64.9 Å². The van der Waals surface area contributed by atoms with Gasteiger partial charge in [-0.3, -0.25) is 4.79 Å². The predicted molar refractivity (Wildman–Crippen MR) is 98.4 cm³/mol. The van der Waals surface area contributed by atoms with Crippen LogP contribution in [0.2, 0.25) is 5.02 Å². The van der Waals surface area contributed by atoms with Gasteiger partial charge in [-0.05, 0) is 31.0 Å². The van der Waals surface area contributed by atoms with Crippen LogP contribution in [0, 0.1) is 0 Å². The van der Waals surface area contributed by atoms with Gasteiger partial charge in [0.1, 0.15) is 17.6 Å². The first-order valence-electron chi connectivity index (χ1n) is 8.45. The smallest absolute Gasteiger partial charge is 0.257 e. The van der Waals surface area contributed by atoms with Crippen molar-refractivity contribution >= 4 is 28.5 Å². The van der Waals surface area contributed by atoms with Crippen LogP contribution in [0.3, 0.4) is 0 Å². The van der Waals surface area contributed by atoms with Gasteiger partial charge < -0.3 is 19.5 Å². The lowest BCUT2D eigenvalue weighted by Crippen LogP contribution is -2.45. The zero-order valence-corrected chi connectivity index (χ0v) is 14.7. The molecule has 6 heteroatoms. The van der Waals surface area contributed by atoms with Crippen LogP contribution in [0.1, 0.15) is 28.8 Å². The minimum absolute atomic E-state index is 0.0913. The van der Waals surface area contributed by atoms with Gasteiger partial charge in [0.15, 0.2) is 0 Å². The number of aliphatic hydroxyl groups is 1. The van der Waals surface area contributed by atoms with Crippen LogP contribution in [-0.4, -0.2) is 34.1 Å². The Morgan fingerprint density at radius 1 is 1.15 bits per heavy atom. The van der Waals surface area contributed by atoms with Gasteiger partial charge in [0, 0.05) is 35.1 Å². The van der Waals surface area contributed by atoms with E-state index in [1.54, 1.807) is 17.0 Å². The van der Waals surface area contributed by atoms with Crippen LogP contribution >= 0.6 is 11.6 Å². The summed E-state index contributed by atoms with van der Waals surface area (Å²) in [6.45, 7) is 0.844. The number of amides is 1. The molecule has 1 aliphatic rings. The zero-order valence-electron chi connectivity index (χ0n) is 14.0. The van der Waals surface area contributed by atoms with E-state index in [-0.39, 0.29) is 11.7 Å². The highest BCUT2D eigenvalue weighted by Crippen LogP contribution is 2.37. The zero-order chi connectivity index (χ0) is 18.3.